The highest BCUT2D eigenvalue weighted by Crippen LogP contribution is 2.37. The number of nitrogens with two attached hydrogens (primary N) is 1. The summed E-state index contributed by atoms with van der Waals surface area (Å²) in [6.07, 6.45) is 0. The van der Waals surface area contributed by atoms with Crippen molar-refractivity contribution in [1.29, 1.82) is 0 Å². The topological polar surface area (TPSA) is 35.2 Å². The molecule has 0 aliphatic rings. The van der Waals surface area contributed by atoms with Crippen LogP contribution in [0.25, 0.3) is 0 Å². The summed E-state index contributed by atoms with van der Waals surface area (Å²) in [6.45, 7) is 11.9. The van der Waals surface area contributed by atoms with Crippen LogP contribution < -0.4 is 5.73 Å². The molecule has 0 saturated heterocycles. The summed E-state index contributed by atoms with van der Waals surface area (Å²) in [4.78, 5) is 0. The van der Waals surface area contributed by atoms with Gasteiger partial charge in [0.2, 0.25) is 0 Å². The van der Waals surface area contributed by atoms with E-state index >= 15 is 0 Å². The molecule has 2 nitrogen and oxygen atoms in total. The Morgan fingerprint density at radius 1 is 1.29 bits per heavy atom. The average molecular weight is 316 g/mol. The van der Waals surface area contributed by atoms with Crippen molar-refractivity contribution in [3.63, 3.8) is 0 Å². The smallest absolute Gasteiger partial charge is 0.192 e. The van der Waals surface area contributed by atoms with Gasteiger partial charge in [0, 0.05) is 10.2 Å². The minimum Gasteiger partial charge on any atom is -0.413 e. The monoisotopic (exact) mass is 315 g/mol. The maximum absolute atomic E-state index is 6.14. The van der Waals surface area contributed by atoms with E-state index in [0.717, 1.165) is 15.7 Å². The highest BCUT2D eigenvalue weighted by atomic mass is 79.9. The van der Waals surface area contributed by atoms with E-state index in [1.54, 1.807) is 0 Å². The summed E-state index contributed by atoms with van der Waals surface area (Å²) in [5.74, 6) is 0. The molecule has 0 spiro atoms. The van der Waals surface area contributed by atoms with E-state index in [2.05, 4.69) is 49.8 Å². The molecule has 0 heterocycles. The van der Waals surface area contributed by atoms with Gasteiger partial charge in [-0.05, 0) is 51.8 Å². The lowest BCUT2D eigenvalue weighted by atomic mass is 10.2. The van der Waals surface area contributed by atoms with Crippen LogP contribution in [-0.4, -0.2) is 8.32 Å². The van der Waals surface area contributed by atoms with Gasteiger partial charge in [-0.3, -0.25) is 0 Å². The number of rotatable bonds is 3. The number of halogens is 1. The fourth-order valence-corrected chi connectivity index (χ4v) is 2.37. The maximum atomic E-state index is 6.14. The van der Waals surface area contributed by atoms with Crippen LogP contribution in [0.15, 0.2) is 22.7 Å². The second-order valence-electron chi connectivity index (χ2n) is 5.90. The molecule has 2 N–H and O–H groups in total. The average Bonchev–Trinajstić information content (AvgIpc) is 2.18. The summed E-state index contributed by atoms with van der Waals surface area (Å²) >= 11 is 3.39. The first kappa shape index (κ1) is 14.7. The van der Waals surface area contributed by atoms with Crippen LogP contribution in [0.1, 0.15) is 26.3 Å². The molecule has 0 radical (unpaired) electrons. The van der Waals surface area contributed by atoms with Gasteiger partial charge in [0.25, 0.3) is 0 Å². The predicted molar refractivity (Wildman–Crippen MR) is 80.5 cm³/mol. The second-order valence-corrected chi connectivity index (χ2v) is 11.6. The van der Waals surface area contributed by atoms with E-state index in [1.807, 2.05) is 18.2 Å². The minimum atomic E-state index is -1.67. The molecular weight excluding hydrogens is 294 g/mol. The van der Waals surface area contributed by atoms with Crippen molar-refractivity contribution in [2.75, 3.05) is 5.73 Å². The molecule has 0 saturated carbocycles. The van der Waals surface area contributed by atoms with Gasteiger partial charge in [-0.1, -0.05) is 26.8 Å². The van der Waals surface area contributed by atoms with Crippen LogP contribution in [0.4, 0.5) is 5.69 Å². The Labute approximate surface area is 114 Å². The number of benzene rings is 1. The van der Waals surface area contributed by atoms with E-state index in [1.165, 1.54) is 0 Å². The summed E-state index contributed by atoms with van der Waals surface area (Å²) in [5, 5.41) is 0.244. The van der Waals surface area contributed by atoms with Crippen molar-refractivity contribution in [3.8, 4) is 0 Å². The lowest BCUT2D eigenvalue weighted by Gasteiger charge is -2.36. The number of hydrogen-bond acceptors (Lipinski definition) is 2. The van der Waals surface area contributed by atoms with Gasteiger partial charge in [-0.25, -0.2) is 0 Å². The van der Waals surface area contributed by atoms with Crippen molar-refractivity contribution in [2.24, 2.45) is 0 Å². The largest absolute Gasteiger partial charge is 0.413 e. The quantitative estimate of drug-likeness (QED) is 0.656. The third-order valence-electron chi connectivity index (χ3n) is 3.47. The lowest BCUT2D eigenvalue weighted by molar-refractivity contribution is 0.276. The van der Waals surface area contributed by atoms with E-state index in [0.29, 0.717) is 6.61 Å². The molecule has 0 aromatic heterocycles. The van der Waals surface area contributed by atoms with Crippen molar-refractivity contribution in [1.82, 2.24) is 0 Å². The first-order valence-electron chi connectivity index (χ1n) is 5.81. The molecular formula is C13H22BrNOSi. The molecule has 0 aliphatic carbocycles. The van der Waals surface area contributed by atoms with Gasteiger partial charge in [0.05, 0.1) is 6.61 Å². The number of nitrogen functional groups attached to an aromatic ring is 1. The molecule has 0 unspecified atom stereocenters. The molecule has 17 heavy (non-hydrogen) atoms. The summed E-state index contributed by atoms with van der Waals surface area (Å²) in [6, 6.07) is 5.99. The van der Waals surface area contributed by atoms with Crippen molar-refractivity contribution < 1.29 is 4.43 Å². The summed E-state index contributed by atoms with van der Waals surface area (Å²) in [7, 11) is -1.67. The molecule has 4 heteroatoms. The Hall–Kier alpha value is -0.323. The predicted octanol–water partition coefficient (Wildman–Crippen LogP) is 4.55. The first-order chi connectivity index (χ1) is 7.63. The van der Waals surface area contributed by atoms with Crippen molar-refractivity contribution in [2.45, 2.75) is 45.5 Å². The third kappa shape index (κ3) is 3.83. The molecule has 1 aromatic rings. The van der Waals surface area contributed by atoms with Crippen LogP contribution in [0.5, 0.6) is 0 Å². The van der Waals surface area contributed by atoms with Gasteiger partial charge >= 0.3 is 0 Å². The fourth-order valence-electron chi connectivity index (χ4n) is 1.16. The first-order valence-corrected chi connectivity index (χ1v) is 9.51. The Morgan fingerprint density at radius 2 is 1.88 bits per heavy atom. The molecule has 0 amide bonds. The Kier molecular flexibility index (Phi) is 4.44. The van der Waals surface area contributed by atoms with Crippen molar-refractivity contribution in [3.05, 3.63) is 28.2 Å². The molecule has 96 valence electrons. The van der Waals surface area contributed by atoms with E-state index < -0.39 is 8.32 Å². The van der Waals surface area contributed by atoms with Crippen LogP contribution in [0, 0.1) is 0 Å². The normalized spacial score (nSPS) is 12.8. The summed E-state index contributed by atoms with van der Waals surface area (Å²) in [5.41, 5.74) is 7.75. The Morgan fingerprint density at radius 3 is 2.35 bits per heavy atom. The maximum Gasteiger partial charge on any atom is 0.192 e. The second kappa shape index (κ2) is 5.12. The fraction of sp³-hybridized carbons (Fsp3) is 0.538. The van der Waals surface area contributed by atoms with Gasteiger partial charge in [0.15, 0.2) is 8.32 Å². The lowest BCUT2D eigenvalue weighted by Crippen LogP contribution is -2.40. The zero-order chi connectivity index (χ0) is 13.3. The third-order valence-corrected chi connectivity index (χ3v) is 8.67. The molecule has 0 bridgehead atoms. The standard InChI is InChI=1S/C13H22BrNOSi/c1-13(2,3)17(4,5)16-9-10-6-7-11(14)12(15)8-10/h6-8H,9,15H2,1-5H3. The molecule has 0 atom stereocenters. The molecule has 0 aliphatic heterocycles. The molecule has 1 rings (SSSR count). The molecule has 1 aromatic carbocycles. The highest BCUT2D eigenvalue weighted by Gasteiger charge is 2.36. The van der Waals surface area contributed by atoms with E-state index in [9.17, 15) is 0 Å². The van der Waals surface area contributed by atoms with Crippen LogP contribution >= 0.6 is 15.9 Å². The van der Waals surface area contributed by atoms with Crippen LogP contribution in [0.3, 0.4) is 0 Å². The van der Waals surface area contributed by atoms with Gasteiger partial charge in [-0.15, -0.1) is 0 Å². The van der Waals surface area contributed by atoms with Crippen molar-refractivity contribution >= 4 is 29.9 Å². The van der Waals surface area contributed by atoms with Gasteiger partial charge in [0.1, 0.15) is 0 Å². The number of hydrogen-bond donors (Lipinski definition) is 1. The minimum absolute atomic E-state index is 0.244. The van der Waals surface area contributed by atoms with E-state index in [-0.39, 0.29) is 5.04 Å². The SMILES string of the molecule is CC(C)(C)[Si](C)(C)OCc1ccc(Br)c(N)c1. The zero-order valence-electron chi connectivity index (χ0n) is 11.3. The van der Waals surface area contributed by atoms with Gasteiger partial charge < -0.3 is 10.2 Å². The number of anilines is 1. The Bertz CT molecular complexity index is 399. The Balaban J connectivity index is 2.71. The van der Waals surface area contributed by atoms with Gasteiger partial charge in [-0.2, -0.15) is 0 Å². The highest BCUT2D eigenvalue weighted by molar-refractivity contribution is 9.10. The van der Waals surface area contributed by atoms with Crippen LogP contribution in [-0.2, 0) is 11.0 Å². The zero-order valence-corrected chi connectivity index (χ0v) is 13.9. The summed E-state index contributed by atoms with van der Waals surface area (Å²) < 4.78 is 7.08. The van der Waals surface area contributed by atoms with E-state index in [4.69, 9.17) is 10.2 Å². The van der Waals surface area contributed by atoms with Crippen LogP contribution in [0.2, 0.25) is 18.1 Å². The molecule has 0 fully saturated rings.